The number of fused-ring (bicyclic) bond motifs is 1. The number of hydrogen-bond acceptors (Lipinski definition) is 5. The minimum atomic E-state index is -0.672. The van der Waals surface area contributed by atoms with E-state index in [1.807, 2.05) is 18.2 Å². The molecule has 9 heteroatoms. The Bertz CT molecular complexity index is 1000. The number of benzene rings is 2. The fraction of sp³-hybridized carbons (Fsp3) is 0. The molecule has 0 unspecified atom stereocenters. The van der Waals surface area contributed by atoms with E-state index in [2.05, 4.69) is 10.9 Å². The van der Waals surface area contributed by atoms with Crippen LogP contribution >= 0.6 is 22.9 Å². The zero-order valence-corrected chi connectivity index (χ0v) is 14.1. The fourth-order valence-corrected chi connectivity index (χ4v) is 3.58. The third-order valence-corrected chi connectivity index (χ3v) is 5.02. The molecule has 3 aromatic rings. The smallest absolute Gasteiger partial charge is 0.267 e. The number of hydrazine groups is 1. The number of hydrogen-bond donors (Lipinski definition) is 2. The first-order chi connectivity index (χ1) is 12.0. The lowest BCUT2D eigenvalue weighted by Crippen LogP contribution is -2.41. The van der Waals surface area contributed by atoms with Gasteiger partial charge in [-0.2, -0.15) is 0 Å². The molecule has 0 fully saturated rings. The molecule has 0 aliphatic carbocycles. The highest BCUT2D eigenvalue weighted by Crippen LogP contribution is 2.34. The van der Waals surface area contributed by atoms with Crippen molar-refractivity contribution in [1.29, 1.82) is 0 Å². The SMILES string of the molecule is O=C(NNC(=O)c1sc2ccccc2c1Cl)c1cccc([N+](=O)[O-])c1. The predicted octanol–water partition coefficient (Wildman–Crippen LogP) is 3.54. The van der Waals surface area contributed by atoms with Crippen LogP contribution in [-0.4, -0.2) is 16.7 Å². The van der Waals surface area contributed by atoms with Gasteiger partial charge < -0.3 is 0 Å². The van der Waals surface area contributed by atoms with Crippen molar-refractivity contribution >= 4 is 50.5 Å². The number of halogens is 1. The Morgan fingerprint density at radius 2 is 1.76 bits per heavy atom. The number of nitro groups is 1. The molecule has 7 nitrogen and oxygen atoms in total. The first-order valence-electron chi connectivity index (χ1n) is 6.99. The number of carbonyl (C=O) groups is 2. The number of nitro benzene ring substituents is 1. The van der Waals surface area contributed by atoms with Crippen LogP contribution in [0.15, 0.2) is 48.5 Å². The zero-order chi connectivity index (χ0) is 18.0. The van der Waals surface area contributed by atoms with Crippen molar-refractivity contribution in [3.05, 3.63) is 74.1 Å². The van der Waals surface area contributed by atoms with Gasteiger partial charge in [0.05, 0.1) is 9.95 Å². The van der Waals surface area contributed by atoms with Crippen LogP contribution in [0.5, 0.6) is 0 Å². The lowest BCUT2D eigenvalue weighted by atomic mass is 10.2. The second-order valence-corrected chi connectivity index (χ2v) is 6.39. The molecule has 0 spiro atoms. The maximum atomic E-state index is 12.2. The molecule has 0 atom stereocenters. The van der Waals surface area contributed by atoms with Crippen LogP contribution < -0.4 is 10.9 Å². The van der Waals surface area contributed by atoms with Gasteiger partial charge in [-0.1, -0.05) is 35.9 Å². The number of rotatable bonds is 3. The molecule has 1 heterocycles. The molecule has 0 aliphatic heterocycles. The average Bonchev–Trinajstić information content (AvgIpc) is 2.96. The van der Waals surface area contributed by atoms with Gasteiger partial charge in [-0.25, -0.2) is 0 Å². The molecule has 25 heavy (non-hydrogen) atoms. The predicted molar refractivity (Wildman–Crippen MR) is 94.9 cm³/mol. The van der Waals surface area contributed by atoms with Crippen molar-refractivity contribution in [2.45, 2.75) is 0 Å². The minimum absolute atomic E-state index is 0.0527. The molecule has 3 rings (SSSR count). The topological polar surface area (TPSA) is 101 Å². The van der Waals surface area contributed by atoms with Crippen LogP contribution in [0, 0.1) is 10.1 Å². The van der Waals surface area contributed by atoms with E-state index in [4.69, 9.17) is 11.6 Å². The average molecular weight is 376 g/mol. The molecule has 0 saturated carbocycles. The Labute approximate surface area is 150 Å². The van der Waals surface area contributed by atoms with Gasteiger partial charge in [-0.3, -0.25) is 30.6 Å². The van der Waals surface area contributed by atoms with Crippen LogP contribution in [0.3, 0.4) is 0 Å². The molecule has 126 valence electrons. The molecule has 0 saturated heterocycles. The largest absolute Gasteiger partial charge is 0.281 e. The van der Waals surface area contributed by atoms with Gasteiger partial charge in [0.25, 0.3) is 17.5 Å². The minimum Gasteiger partial charge on any atom is -0.267 e. The van der Waals surface area contributed by atoms with Crippen molar-refractivity contribution in [2.75, 3.05) is 0 Å². The number of non-ortho nitro benzene ring substituents is 1. The summed E-state index contributed by atoms with van der Waals surface area (Å²) in [6.07, 6.45) is 0. The fourth-order valence-electron chi connectivity index (χ4n) is 2.16. The molecule has 0 aliphatic rings. The second-order valence-electron chi connectivity index (χ2n) is 4.96. The zero-order valence-electron chi connectivity index (χ0n) is 12.5. The van der Waals surface area contributed by atoms with E-state index in [-0.39, 0.29) is 16.1 Å². The third-order valence-electron chi connectivity index (χ3n) is 3.35. The van der Waals surface area contributed by atoms with E-state index >= 15 is 0 Å². The lowest BCUT2D eigenvalue weighted by Gasteiger charge is -2.06. The molecule has 1 aromatic heterocycles. The first kappa shape index (κ1) is 16.9. The van der Waals surface area contributed by atoms with E-state index in [9.17, 15) is 19.7 Å². The standard InChI is InChI=1S/C16H10ClN3O4S/c17-13-11-6-1-2-7-12(11)25-14(13)16(22)19-18-15(21)9-4-3-5-10(8-9)20(23)24/h1-8H,(H,18,21)(H,19,22). The van der Waals surface area contributed by atoms with Gasteiger partial charge >= 0.3 is 0 Å². The Morgan fingerprint density at radius 1 is 1.04 bits per heavy atom. The van der Waals surface area contributed by atoms with Crippen LogP contribution in [0.25, 0.3) is 10.1 Å². The summed E-state index contributed by atoms with van der Waals surface area (Å²) in [6, 6.07) is 12.5. The first-order valence-corrected chi connectivity index (χ1v) is 8.19. The summed E-state index contributed by atoms with van der Waals surface area (Å²) in [4.78, 5) is 34.7. The van der Waals surface area contributed by atoms with Crippen LogP contribution in [0.1, 0.15) is 20.0 Å². The van der Waals surface area contributed by atoms with E-state index in [0.717, 1.165) is 16.2 Å². The third kappa shape index (κ3) is 3.44. The summed E-state index contributed by atoms with van der Waals surface area (Å²) in [6.45, 7) is 0. The summed E-state index contributed by atoms with van der Waals surface area (Å²) >= 11 is 7.40. The van der Waals surface area contributed by atoms with E-state index < -0.39 is 16.7 Å². The van der Waals surface area contributed by atoms with Gasteiger partial charge in [0.2, 0.25) is 0 Å². The Kier molecular flexibility index (Phi) is 4.64. The summed E-state index contributed by atoms with van der Waals surface area (Å²) in [5.74, 6) is -1.24. The second kappa shape index (κ2) is 6.88. The number of thiophene rings is 1. The van der Waals surface area contributed by atoms with Gasteiger partial charge in [0.15, 0.2) is 0 Å². The van der Waals surface area contributed by atoms with Gasteiger partial charge in [-0.05, 0) is 12.1 Å². The quantitative estimate of drug-likeness (QED) is 0.540. The molecule has 2 N–H and O–H groups in total. The molecular weight excluding hydrogens is 366 g/mol. The van der Waals surface area contributed by atoms with Crippen molar-refractivity contribution < 1.29 is 14.5 Å². The highest BCUT2D eigenvalue weighted by Gasteiger charge is 2.18. The summed E-state index contributed by atoms with van der Waals surface area (Å²) in [5, 5.41) is 11.8. The van der Waals surface area contributed by atoms with Crippen molar-refractivity contribution in [3.63, 3.8) is 0 Å². The highest BCUT2D eigenvalue weighted by molar-refractivity contribution is 7.21. The van der Waals surface area contributed by atoms with Crippen molar-refractivity contribution in [2.24, 2.45) is 0 Å². The number of amides is 2. The van der Waals surface area contributed by atoms with E-state index in [0.29, 0.717) is 5.02 Å². The lowest BCUT2D eigenvalue weighted by molar-refractivity contribution is -0.384. The monoisotopic (exact) mass is 375 g/mol. The van der Waals surface area contributed by atoms with Crippen LogP contribution in [0.2, 0.25) is 5.02 Å². The number of carbonyl (C=O) groups excluding carboxylic acids is 2. The number of nitrogens with zero attached hydrogens (tertiary/aromatic N) is 1. The van der Waals surface area contributed by atoms with Gasteiger partial charge in [0, 0.05) is 27.8 Å². The van der Waals surface area contributed by atoms with Gasteiger partial charge in [0.1, 0.15) is 4.88 Å². The molecular formula is C16H10ClN3O4S. The van der Waals surface area contributed by atoms with Crippen molar-refractivity contribution in [3.8, 4) is 0 Å². The van der Waals surface area contributed by atoms with E-state index in [1.54, 1.807) is 6.07 Å². The molecule has 2 amide bonds. The van der Waals surface area contributed by atoms with Crippen LogP contribution in [-0.2, 0) is 0 Å². The number of nitrogens with one attached hydrogen (secondary N) is 2. The molecule has 2 aromatic carbocycles. The van der Waals surface area contributed by atoms with Crippen molar-refractivity contribution in [1.82, 2.24) is 10.9 Å². The summed E-state index contributed by atoms with van der Waals surface area (Å²) in [7, 11) is 0. The Balaban J connectivity index is 1.73. The molecule has 0 radical (unpaired) electrons. The Morgan fingerprint density at radius 3 is 2.48 bits per heavy atom. The normalized spacial score (nSPS) is 10.4. The highest BCUT2D eigenvalue weighted by atomic mass is 35.5. The summed E-state index contributed by atoms with van der Waals surface area (Å²) < 4.78 is 0.850. The van der Waals surface area contributed by atoms with Crippen LogP contribution in [0.4, 0.5) is 5.69 Å². The van der Waals surface area contributed by atoms with Gasteiger partial charge in [-0.15, -0.1) is 11.3 Å². The molecule has 0 bridgehead atoms. The Hall–Kier alpha value is -2.97. The summed E-state index contributed by atoms with van der Waals surface area (Å²) in [5.41, 5.74) is 4.32. The maximum Gasteiger partial charge on any atom is 0.281 e. The maximum absolute atomic E-state index is 12.2. The van der Waals surface area contributed by atoms with E-state index in [1.165, 1.54) is 29.5 Å².